The molecule has 0 bridgehead atoms. The molecule has 3 heterocycles. The number of morpholine rings is 1. The molecule has 0 aromatic carbocycles. The highest BCUT2D eigenvalue weighted by molar-refractivity contribution is 6.30. The van der Waals surface area contributed by atoms with Gasteiger partial charge in [-0.1, -0.05) is 11.6 Å². The highest BCUT2D eigenvalue weighted by atomic mass is 35.5. The molecular weight excluding hydrogens is 242 g/mol. The lowest BCUT2D eigenvalue weighted by Gasteiger charge is -2.29. The fourth-order valence-electron chi connectivity index (χ4n) is 2.03. The van der Waals surface area contributed by atoms with E-state index < -0.39 is 0 Å². The van der Waals surface area contributed by atoms with E-state index >= 15 is 0 Å². The van der Waals surface area contributed by atoms with Crippen LogP contribution in [-0.4, -0.2) is 45.9 Å². The molecule has 1 saturated heterocycles. The van der Waals surface area contributed by atoms with Crippen molar-refractivity contribution in [3.63, 3.8) is 0 Å². The van der Waals surface area contributed by atoms with Crippen molar-refractivity contribution in [2.45, 2.75) is 6.92 Å². The molecule has 2 aromatic rings. The Hall–Kier alpha value is -1.40. The molecule has 1 aliphatic heterocycles. The number of ether oxygens (including phenoxy) is 1. The summed E-state index contributed by atoms with van der Waals surface area (Å²) in [4.78, 5) is 10.5. The van der Waals surface area contributed by atoms with Gasteiger partial charge < -0.3 is 9.64 Å². The Balaban J connectivity index is 2.18. The van der Waals surface area contributed by atoms with Crippen molar-refractivity contribution >= 4 is 23.2 Å². The zero-order chi connectivity index (χ0) is 11.8. The number of hydrogen-bond acceptors (Lipinski definition) is 5. The van der Waals surface area contributed by atoms with E-state index in [1.807, 2.05) is 6.92 Å². The predicted octanol–water partition coefficient (Wildman–Crippen LogP) is 0.923. The van der Waals surface area contributed by atoms with Crippen molar-refractivity contribution in [3.05, 3.63) is 17.0 Å². The van der Waals surface area contributed by atoms with Gasteiger partial charge in [-0.25, -0.2) is 0 Å². The van der Waals surface area contributed by atoms with Crippen LogP contribution in [0.1, 0.15) is 5.56 Å². The van der Waals surface area contributed by atoms with Crippen LogP contribution in [0.15, 0.2) is 6.33 Å². The Labute approximate surface area is 103 Å². The third kappa shape index (κ3) is 1.73. The molecule has 0 amide bonds. The normalized spacial score (nSPS) is 16.7. The fourth-order valence-corrected chi connectivity index (χ4v) is 2.19. The predicted molar refractivity (Wildman–Crippen MR) is 63.6 cm³/mol. The van der Waals surface area contributed by atoms with Gasteiger partial charge in [0.2, 0.25) is 0 Å². The minimum absolute atomic E-state index is 0.479. The molecule has 0 N–H and O–H groups in total. The first-order valence-electron chi connectivity index (χ1n) is 5.46. The maximum absolute atomic E-state index is 6.12. The SMILES string of the molecule is Cc1c(Cl)nc2ncnn2c1N1CCOCC1. The molecule has 1 aliphatic rings. The Bertz CT molecular complexity index is 549. The van der Waals surface area contributed by atoms with Gasteiger partial charge in [0.15, 0.2) is 0 Å². The largest absolute Gasteiger partial charge is 0.378 e. The van der Waals surface area contributed by atoms with Gasteiger partial charge in [0.05, 0.1) is 13.2 Å². The third-order valence-corrected chi connectivity index (χ3v) is 3.25. The topological polar surface area (TPSA) is 55.5 Å². The summed E-state index contributed by atoms with van der Waals surface area (Å²) in [5, 5.41) is 4.68. The zero-order valence-corrected chi connectivity index (χ0v) is 10.2. The van der Waals surface area contributed by atoms with Crippen LogP contribution < -0.4 is 4.90 Å². The van der Waals surface area contributed by atoms with Gasteiger partial charge in [0.25, 0.3) is 5.78 Å². The molecule has 6 nitrogen and oxygen atoms in total. The van der Waals surface area contributed by atoms with Crippen LogP contribution in [0.3, 0.4) is 0 Å². The first-order valence-corrected chi connectivity index (χ1v) is 5.83. The van der Waals surface area contributed by atoms with Crippen LogP contribution >= 0.6 is 11.6 Å². The van der Waals surface area contributed by atoms with Gasteiger partial charge >= 0.3 is 0 Å². The van der Waals surface area contributed by atoms with Crippen molar-refractivity contribution in [2.75, 3.05) is 31.2 Å². The van der Waals surface area contributed by atoms with E-state index in [4.69, 9.17) is 16.3 Å². The molecule has 0 unspecified atom stereocenters. The standard InChI is InChI=1S/C10H12ClN5O/c1-7-8(11)14-10-12-6-13-16(10)9(7)15-2-4-17-5-3-15/h6H,2-5H2,1H3. The van der Waals surface area contributed by atoms with Crippen molar-refractivity contribution in [3.8, 4) is 0 Å². The second-order valence-electron chi connectivity index (χ2n) is 3.92. The third-order valence-electron chi connectivity index (χ3n) is 2.88. The number of anilines is 1. The average Bonchev–Trinajstić information content (AvgIpc) is 2.79. The van der Waals surface area contributed by atoms with Crippen molar-refractivity contribution in [2.24, 2.45) is 0 Å². The molecule has 7 heteroatoms. The summed E-state index contributed by atoms with van der Waals surface area (Å²) in [6.45, 7) is 5.04. The minimum atomic E-state index is 0.479. The smallest absolute Gasteiger partial charge is 0.255 e. The Kier molecular flexibility index (Phi) is 2.60. The lowest BCUT2D eigenvalue weighted by atomic mass is 10.3. The van der Waals surface area contributed by atoms with E-state index in [-0.39, 0.29) is 0 Å². The summed E-state index contributed by atoms with van der Waals surface area (Å²) < 4.78 is 7.08. The first-order chi connectivity index (χ1) is 8.27. The van der Waals surface area contributed by atoms with Crippen LogP contribution in [0.4, 0.5) is 5.82 Å². The number of hydrogen-bond donors (Lipinski definition) is 0. The molecule has 90 valence electrons. The first kappa shape index (κ1) is 10.7. The Morgan fingerprint density at radius 3 is 2.88 bits per heavy atom. The van der Waals surface area contributed by atoms with Gasteiger partial charge in [-0.15, -0.1) is 0 Å². The number of rotatable bonds is 1. The number of halogens is 1. The van der Waals surface area contributed by atoms with Gasteiger partial charge in [-0.05, 0) is 6.92 Å². The second-order valence-corrected chi connectivity index (χ2v) is 4.28. The van der Waals surface area contributed by atoms with E-state index in [1.165, 1.54) is 6.33 Å². The van der Waals surface area contributed by atoms with Gasteiger partial charge in [0.1, 0.15) is 17.3 Å². The van der Waals surface area contributed by atoms with Crippen LogP contribution in [0.25, 0.3) is 5.78 Å². The number of nitrogens with zero attached hydrogens (tertiary/aromatic N) is 5. The molecule has 0 aliphatic carbocycles. The van der Waals surface area contributed by atoms with Crippen molar-refractivity contribution < 1.29 is 4.74 Å². The lowest BCUT2D eigenvalue weighted by molar-refractivity contribution is 0.122. The molecule has 0 saturated carbocycles. The van der Waals surface area contributed by atoms with E-state index in [9.17, 15) is 0 Å². The molecule has 17 heavy (non-hydrogen) atoms. The molecule has 1 fully saturated rings. The second kappa shape index (κ2) is 4.12. The number of fused-ring (bicyclic) bond motifs is 1. The van der Waals surface area contributed by atoms with Gasteiger partial charge in [0, 0.05) is 18.7 Å². The van der Waals surface area contributed by atoms with E-state index in [0.717, 1.165) is 37.7 Å². The molecule has 2 aromatic heterocycles. The van der Waals surface area contributed by atoms with Crippen molar-refractivity contribution in [1.82, 2.24) is 19.6 Å². The molecule has 0 spiro atoms. The Morgan fingerprint density at radius 1 is 1.35 bits per heavy atom. The summed E-state index contributed by atoms with van der Waals surface area (Å²) in [5.74, 6) is 1.49. The average molecular weight is 254 g/mol. The monoisotopic (exact) mass is 253 g/mol. The van der Waals surface area contributed by atoms with Crippen LogP contribution in [0.2, 0.25) is 5.15 Å². The summed E-state index contributed by atoms with van der Waals surface area (Å²) in [6.07, 6.45) is 1.49. The van der Waals surface area contributed by atoms with E-state index in [0.29, 0.717) is 10.9 Å². The molecule has 3 rings (SSSR count). The minimum Gasteiger partial charge on any atom is -0.378 e. The molecule has 0 radical (unpaired) electrons. The highest BCUT2D eigenvalue weighted by Gasteiger charge is 2.20. The van der Waals surface area contributed by atoms with Gasteiger partial charge in [-0.2, -0.15) is 19.6 Å². The summed E-state index contributed by atoms with van der Waals surface area (Å²) in [7, 11) is 0. The highest BCUT2D eigenvalue weighted by Crippen LogP contribution is 2.26. The van der Waals surface area contributed by atoms with Crippen molar-refractivity contribution in [1.29, 1.82) is 0 Å². The summed E-state index contributed by atoms with van der Waals surface area (Å²) in [5.41, 5.74) is 0.923. The summed E-state index contributed by atoms with van der Waals surface area (Å²) in [6, 6.07) is 0. The maximum atomic E-state index is 6.12. The molecular formula is C10H12ClN5O. The lowest BCUT2D eigenvalue weighted by Crippen LogP contribution is -2.38. The van der Waals surface area contributed by atoms with Gasteiger partial charge in [-0.3, -0.25) is 0 Å². The number of aromatic nitrogens is 4. The van der Waals surface area contributed by atoms with Crippen LogP contribution in [0, 0.1) is 6.92 Å². The van der Waals surface area contributed by atoms with E-state index in [1.54, 1.807) is 4.52 Å². The fraction of sp³-hybridized carbons (Fsp3) is 0.500. The quantitative estimate of drug-likeness (QED) is 0.708. The molecule has 0 atom stereocenters. The van der Waals surface area contributed by atoms with Crippen LogP contribution in [0.5, 0.6) is 0 Å². The van der Waals surface area contributed by atoms with E-state index in [2.05, 4.69) is 20.0 Å². The summed E-state index contributed by atoms with van der Waals surface area (Å²) >= 11 is 6.12. The zero-order valence-electron chi connectivity index (χ0n) is 9.43. The Morgan fingerprint density at radius 2 is 2.12 bits per heavy atom. The maximum Gasteiger partial charge on any atom is 0.255 e. The van der Waals surface area contributed by atoms with Crippen LogP contribution in [-0.2, 0) is 4.74 Å².